The van der Waals surface area contributed by atoms with Crippen molar-refractivity contribution in [2.45, 2.75) is 40.4 Å². The largest absolute Gasteiger partial charge is 0.364 e. The van der Waals surface area contributed by atoms with Crippen molar-refractivity contribution in [3.8, 4) is 0 Å². The molecule has 2 heterocycles. The maximum atomic E-state index is 12.5. The van der Waals surface area contributed by atoms with Gasteiger partial charge in [0.25, 0.3) is 0 Å². The summed E-state index contributed by atoms with van der Waals surface area (Å²) in [6, 6.07) is 2.00. The molecule has 0 aliphatic rings. The van der Waals surface area contributed by atoms with Crippen LogP contribution in [0, 0.1) is 12.8 Å². The number of nitrogens with one attached hydrogen (secondary N) is 1. The summed E-state index contributed by atoms with van der Waals surface area (Å²) in [6.45, 7) is 7.72. The SMILES string of the molecule is Cc1cnn(CCF)c1NCc1ccnn1CC(C)C. The molecule has 1 N–H and O–H groups in total. The number of alkyl halides is 1. The summed E-state index contributed by atoms with van der Waals surface area (Å²) in [4.78, 5) is 0. The molecular formula is C14H22FN5. The molecule has 0 saturated carbocycles. The van der Waals surface area contributed by atoms with Crippen molar-refractivity contribution in [1.29, 1.82) is 0 Å². The fraction of sp³-hybridized carbons (Fsp3) is 0.571. The molecule has 0 aliphatic carbocycles. The Hall–Kier alpha value is -1.85. The molecule has 0 amide bonds. The van der Waals surface area contributed by atoms with E-state index < -0.39 is 6.67 Å². The third-order valence-corrected chi connectivity index (χ3v) is 3.10. The van der Waals surface area contributed by atoms with E-state index in [-0.39, 0.29) is 6.54 Å². The van der Waals surface area contributed by atoms with Crippen LogP contribution in [0.1, 0.15) is 25.1 Å². The number of hydrogen-bond donors (Lipinski definition) is 1. The Morgan fingerprint density at radius 2 is 2.10 bits per heavy atom. The molecule has 110 valence electrons. The van der Waals surface area contributed by atoms with Gasteiger partial charge in [-0.1, -0.05) is 13.8 Å². The monoisotopic (exact) mass is 279 g/mol. The number of hydrogen-bond acceptors (Lipinski definition) is 3. The van der Waals surface area contributed by atoms with Crippen LogP contribution in [0.3, 0.4) is 0 Å². The number of aryl methyl sites for hydroxylation is 2. The predicted octanol–water partition coefficient (Wildman–Crippen LogP) is 2.63. The van der Waals surface area contributed by atoms with Crippen LogP contribution in [-0.4, -0.2) is 26.2 Å². The van der Waals surface area contributed by atoms with E-state index in [4.69, 9.17) is 0 Å². The van der Waals surface area contributed by atoms with Gasteiger partial charge >= 0.3 is 0 Å². The number of halogens is 1. The average Bonchev–Trinajstić information content (AvgIpc) is 2.95. The fourth-order valence-electron chi connectivity index (χ4n) is 2.15. The Morgan fingerprint density at radius 3 is 2.80 bits per heavy atom. The van der Waals surface area contributed by atoms with Gasteiger partial charge in [-0.15, -0.1) is 0 Å². The van der Waals surface area contributed by atoms with Crippen molar-refractivity contribution in [3.05, 3.63) is 29.7 Å². The lowest BCUT2D eigenvalue weighted by atomic mass is 10.2. The van der Waals surface area contributed by atoms with E-state index in [2.05, 4.69) is 29.4 Å². The maximum Gasteiger partial charge on any atom is 0.127 e. The number of anilines is 1. The maximum absolute atomic E-state index is 12.5. The molecule has 2 aromatic rings. The van der Waals surface area contributed by atoms with Crippen LogP contribution in [0.4, 0.5) is 10.2 Å². The third-order valence-electron chi connectivity index (χ3n) is 3.10. The van der Waals surface area contributed by atoms with Crippen LogP contribution in [0.2, 0.25) is 0 Å². The first-order chi connectivity index (χ1) is 9.61. The lowest BCUT2D eigenvalue weighted by Gasteiger charge is -2.13. The van der Waals surface area contributed by atoms with Crippen molar-refractivity contribution < 1.29 is 4.39 Å². The highest BCUT2D eigenvalue weighted by Crippen LogP contribution is 2.15. The molecule has 0 unspecified atom stereocenters. The Morgan fingerprint density at radius 1 is 1.30 bits per heavy atom. The van der Waals surface area contributed by atoms with E-state index in [1.165, 1.54) is 0 Å². The molecule has 0 aliphatic heterocycles. The highest BCUT2D eigenvalue weighted by molar-refractivity contribution is 5.43. The Kier molecular flexibility index (Phi) is 4.76. The summed E-state index contributed by atoms with van der Waals surface area (Å²) < 4.78 is 16.2. The third kappa shape index (κ3) is 3.37. The molecule has 5 nitrogen and oxygen atoms in total. The lowest BCUT2D eigenvalue weighted by Crippen LogP contribution is -2.15. The molecule has 2 aromatic heterocycles. The molecule has 0 radical (unpaired) electrons. The van der Waals surface area contributed by atoms with E-state index in [0.717, 1.165) is 23.6 Å². The van der Waals surface area contributed by atoms with Crippen molar-refractivity contribution in [2.75, 3.05) is 12.0 Å². The van der Waals surface area contributed by atoms with Crippen LogP contribution < -0.4 is 5.32 Å². The Labute approximate surface area is 118 Å². The van der Waals surface area contributed by atoms with E-state index in [9.17, 15) is 4.39 Å². The van der Waals surface area contributed by atoms with Gasteiger partial charge in [0, 0.05) is 18.3 Å². The van der Waals surface area contributed by atoms with Gasteiger partial charge < -0.3 is 5.32 Å². The molecule has 2 rings (SSSR count). The zero-order valence-electron chi connectivity index (χ0n) is 12.3. The van der Waals surface area contributed by atoms with E-state index in [1.807, 2.05) is 23.9 Å². The number of nitrogens with zero attached hydrogens (tertiary/aromatic N) is 4. The van der Waals surface area contributed by atoms with Gasteiger partial charge in [0.1, 0.15) is 12.5 Å². The van der Waals surface area contributed by atoms with E-state index >= 15 is 0 Å². The van der Waals surface area contributed by atoms with Crippen LogP contribution >= 0.6 is 0 Å². The first kappa shape index (κ1) is 14.6. The van der Waals surface area contributed by atoms with Crippen molar-refractivity contribution in [2.24, 2.45) is 5.92 Å². The van der Waals surface area contributed by atoms with Crippen LogP contribution in [-0.2, 0) is 19.6 Å². The second-order valence-corrected chi connectivity index (χ2v) is 5.34. The molecule has 0 fully saturated rings. The van der Waals surface area contributed by atoms with Crippen molar-refractivity contribution in [3.63, 3.8) is 0 Å². The second kappa shape index (κ2) is 6.54. The van der Waals surface area contributed by atoms with E-state index in [0.29, 0.717) is 12.5 Å². The summed E-state index contributed by atoms with van der Waals surface area (Å²) in [5.41, 5.74) is 2.14. The summed E-state index contributed by atoms with van der Waals surface area (Å²) >= 11 is 0. The summed E-state index contributed by atoms with van der Waals surface area (Å²) in [5.74, 6) is 1.42. The standard InChI is InChI=1S/C14H22FN5/c1-11(2)10-20-13(4-6-17-20)9-16-14-12(3)8-18-19(14)7-5-15/h4,6,8,11,16H,5,7,9-10H2,1-3H3. The first-order valence-electron chi connectivity index (χ1n) is 6.94. The van der Waals surface area contributed by atoms with Gasteiger partial charge in [-0.05, 0) is 18.9 Å². The first-order valence-corrected chi connectivity index (χ1v) is 6.94. The summed E-state index contributed by atoms with van der Waals surface area (Å²) in [7, 11) is 0. The van der Waals surface area contributed by atoms with Crippen molar-refractivity contribution in [1.82, 2.24) is 19.6 Å². The summed E-state index contributed by atoms with van der Waals surface area (Å²) in [6.07, 6.45) is 3.56. The van der Waals surface area contributed by atoms with Crippen molar-refractivity contribution >= 4 is 5.82 Å². The predicted molar refractivity (Wildman–Crippen MR) is 77.3 cm³/mol. The molecule has 0 saturated heterocycles. The number of aromatic nitrogens is 4. The molecule has 6 heteroatoms. The lowest BCUT2D eigenvalue weighted by molar-refractivity contribution is 0.429. The Bertz CT molecular complexity index is 544. The van der Waals surface area contributed by atoms with Gasteiger partial charge in [-0.3, -0.25) is 4.68 Å². The fourth-order valence-corrected chi connectivity index (χ4v) is 2.15. The highest BCUT2D eigenvalue weighted by Gasteiger charge is 2.09. The minimum absolute atomic E-state index is 0.279. The van der Waals surface area contributed by atoms with E-state index in [1.54, 1.807) is 10.9 Å². The highest BCUT2D eigenvalue weighted by atomic mass is 19.1. The van der Waals surface area contributed by atoms with Crippen LogP contribution in [0.15, 0.2) is 18.5 Å². The molecule has 0 bridgehead atoms. The molecule has 0 aromatic carbocycles. The van der Waals surface area contributed by atoms with Crippen LogP contribution in [0.25, 0.3) is 0 Å². The quantitative estimate of drug-likeness (QED) is 0.847. The topological polar surface area (TPSA) is 47.7 Å². The second-order valence-electron chi connectivity index (χ2n) is 5.34. The number of rotatable bonds is 7. The zero-order chi connectivity index (χ0) is 14.5. The van der Waals surface area contributed by atoms with Gasteiger partial charge in [0.05, 0.1) is 25.0 Å². The molecule has 0 atom stereocenters. The summed E-state index contributed by atoms with van der Waals surface area (Å²) in [5, 5.41) is 11.8. The minimum Gasteiger partial charge on any atom is -0.364 e. The average molecular weight is 279 g/mol. The molecule has 20 heavy (non-hydrogen) atoms. The van der Waals surface area contributed by atoms with Gasteiger partial charge in [-0.25, -0.2) is 9.07 Å². The molecular weight excluding hydrogens is 257 g/mol. The van der Waals surface area contributed by atoms with Gasteiger partial charge in [0.15, 0.2) is 0 Å². The minimum atomic E-state index is -0.416. The Balaban J connectivity index is 2.05. The molecule has 0 spiro atoms. The normalized spacial score (nSPS) is 11.2. The zero-order valence-corrected chi connectivity index (χ0v) is 12.3. The van der Waals surface area contributed by atoms with Gasteiger partial charge in [-0.2, -0.15) is 10.2 Å². The van der Waals surface area contributed by atoms with Crippen LogP contribution in [0.5, 0.6) is 0 Å². The van der Waals surface area contributed by atoms with Gasteiger partial charge in [0.2, 0.25) is 0 Å². The smallest absolute Gasteiger partial charge is 0.127 e.